The van der Waals surface area contributed by atoms with Gasteiger partial charge in [0, 0.05) is 24.3 Å². The second kappa shape index (κ2) is 8.72. The summed E-state index contributed by atoms with van der Waals surface area (Å²) >= 11 is 0. The summed E-state index contributed by atoms with van der Waals surface area (Å²) in [5, 5.41) is 2.61. The summed E-state index contributed by atoms with van der Waals surface area (Å²) in [6, 6.07) is 10.8. The lowest BCUT2D eigenvalue weighted by atomic mass is 10.1. The van der Waals surface area contributed by atoms with E-state index in [-0.39, 0.29) is 18.0 Å². The predicted molar refractivity (Wildman–Crippen MR) is 108 cm³/mol. The quantitative estimate of drug-likeness (QED) is 0.552. The van der Waals surface area contributed by atoms with Crippen molar-refractivity contribution in [2.45, 2.75) is 18.7 Å². The number of nitrogens with one attached hydrogen (secondary N) is 3. The van der Waals surface area contributed by atoms with Crippen LogP contribution in [-0.4, -0.2) is 42.1 Å². The monoisotopic (exact) mass is 425 g/mol. The van der Waals surface area contributed by atoms with Gasteiger partial charge in [-0.1, -0.05) is 6.07 Å². The van der Waals surface area contributed by atoms with Gasteiger partial charge >= 0.3 is 0 Å². The number of anilines is 1. The summed E-state index contributed by atoms with van der Waals surface area (Å²) in [5.74, 6) is -0.392. The van der Waals surface area contributed by atoms with Gasteiger partial charge in [0.05, 0.1) is 11.2 Å². The second-order valence-electron chi connectivity index (χ2n) is 6.35. The van der Waals surface area contributed by atoms with Gasteiger partial charge in [-0.15, -0.1) is 0 Å². The van der Waals surface area contributed by atoms with Crippen LogP contribution in [0.2, 0.25) is 0 Å². The van der Waals surface area contributed by atoms with E-state index in [0.29, 0.717) is 11.3 Å². The number of hydrogen-bond donors (Lipinski definition) is 3. The number of carbonyl (C=O) groups excluding carboxylic acids is 1. The van der Waals surface area contributed by atoms with E-state index >= 15 is 0 Å². The first-order valence-electron chi connectivity index (χ1n) is 8.41. The highest BCUT2D eigenvalue weighted by Crippen LogP contribution is 2.14. The van der Waals surface area contributed by atoms with E-state index in [0.717, 1.165) is 17.4 Å². The molecule has 0 aliphatic carbocycles. The lowest BCUT2D eigenvalue weighted by Crippen LogP contribution is -2.34. The molecule has 10 heteroatoms. The summed E-state index contributed by atoms with van der Waals surface area (Å²) in [7, 11) is -7.04. The Labute approximate surface area is 165 Å². The zero-order valence-corrected chi connectivity index (χ0v) is 17.4. The maximum atomic E-state index is 12.3. The number of rotatable bonds is 8. The molecule has 0 bridgehead atoms. The van der Waals surface area contributed by atoms with E-state index in [1.54, 1.807) is 12.1 Å². The van der Waals surface area contributed by atoms with Crippen LogP contribution in [0.25, 0.3) is 0 Å². The Kier molecular flexibility index (Phi) is 6.81. The van der Waals surface area contributed by atoms with Crippen LogP contribution in [0.3, 0.4) is 0 Å². The van der Waals surface area contributed by atoms with Crippen molar-refractivity contribution >= 4 is 31.6 Å². The van der Waals surface area contributed by atoms with Gasteiger partial charge in [-0.3, -0.25) is 9.52 Å². The normalized spacial score (nSPS) is 11.8. The summed E-state index contributed by atoms with van der Waals surface area (Å²) in [4.78, 5) is 12.3. The van der Waals surface area contributed by atoms with E-state index in [2.05, 4.69) is 14.8 Å². The second-order valence-corrected chi connectivity index (χ2v) is 9.87. The van der Waals surface area contributed by atoms with Gasteiger partial charge in [-0.25, -0.2) is 21.6 Å². The molecule has 0 unspecified atom stereocenters. The third-order valence-electron chi connectivity index (χ3n) is 3.94. The molecule has 152 valence electrons. The third kappa shape index (κ3) is 6.32. The zero-order chi connectivity index (χ0) is 20.9. The topological polar surface area (TPSA) is 121 Å². The van der Waals surface area contributed by atoms with Gasteiger partial charge in [-0.05, 0) is 61.4 Å². The van der Waals surface area contributed by atoms with Crippen LogP contribution in [0, 0.1) is 13.8 Å². The summed E-state index contributed by atoms with van der Waals surface area (Å²) < 4.78 is 51.6. The Bertz CT molecular complexity index is 1060. The largest absolute Gasteiger partial charge is 0.351 e. The highest BCUT2D eigenvalue weighted by Gasteiger charge is 2.14. The molecule has 0 fully saturated rings. The van der Waals surface area contributed by atoms with Gasteiger partial charge in [0.2, 0.25) is 20.0 Å². The molecule has 0 atom stereocenters. The fourth-order valence-corrected chi connectivity index (χ4v) is 4.01. The molecule has 0 aliphatic rings. The molecular weight excluding hydrogens is 402 g/mol. The van der Waals surface area contributed by atoms with Crippen LogP contribution in [0.4, 0.5) is 5.69 Å². The van der Waals surface area contributed by atoms with E-state index in [4.69, 9.17) is 0 Å². The number of sulfonamides is 2. The Morgan fingerprint density at radius 2 is 1.54 bits per heavy atom. The van der Waals surface area contributed by atoms with Gasteiger partial charge in [0.1, 0.15) is 0 Å². The van der Waals surface area contributed by atoms with E-state index in [9.17, 15) is 21.6 Å². The molecule has 2 aromatic rings. The minimum Gasteiger partial charge on any atom is -0.351 e. The maximum Gasteiger partial charge on any atom is 0.251 e. The van der Waals surface area contributed by atoms with Crippen molar-refractivity contribution in [3.63, 3.8) is 0 Å². The maximum absolute atomic E-state index is 12.3. The van der Waals surface area contributed by atoms with Crippen LogP contribution in [0.15, 0.2) is 47.4 Å². The van der Waals surface area contributed by atoms with Gasteiger partial charge in [0.15, 0.2) is 0 Å². The molecule has 3 N–H and O–H groups in total. The zero-order valence-electron chi connectivity index (χ0n) is 15.8. The van der Waals surface area contributed by atoms with Crippen molar-refractivity contribution in [1.82, 2.24) is 10.0 Å². The van der Waals surface area contributed by atoms with Crippen molar-refractivity contribution < 1.29 is 21.6 Å². The molecule has 2 aromatic carbocycles. The van der Waals surface area contributed by atoms with E-state index in [1.165, 1.54) is 30.3 Å². The molecule has 0 saturated carbocycles. The summed E-state index contributed by atoms with van der Waals surface area (Å²) in [5.41, 5.74) is 2.56. The van der Waals surface area contributed by atoms with Crippen LogP contribution < -0.4 is 14.8 Å². The first-order chi connectivity index (χ1) is 13.0. The lowest BCUT2D eigenvalue weighted by molar-refractivity contribution is 0.0954. The van der Waals surface area contributed by atoms with Crippen molar-refractivity contribution in [3.8, 4) is 0 Å². The van der Waals surface area contributed by atoms with Crippen LogP contribution in [-0.2, 0) is 20.0 Å². The standard InChI is InChI=1S/C18H23N3O5S2/c1-13-4-9-17(12-14(13)2)28(25,26)20-11-10-19-18(22)15-5-7-16(8-6-15)21-27(3,23)24/h4-9,12,20-21H,10-11H2,1-3H3,(H,19,22). The first-order valence-corrected chi connectivity index (χ1v) is 11.8. The third-order valence-corrected chi connectivity index (χ3v) is 6.01. The Morgan fingerprint density at radius 1 is 0.893 bits per heavy atom. The van der Waals surface area contributed by atoms with Gasteiger partial charge < -0.3 is 5.32 Å². The average Bonchev–Trinajstić information content (AvgIpc) is 2.60. The fourth-order valence-electron chi connectivity index (χ4n) is 2.33. The van der Waals surface area contributed by atoms with Crippen molar-refractivity contribution in [2.24, 2.45) is 0 Å². The smallest absolute Gasteiger partial charge is 0.251 e. The molecule has 0 saturated heterocycles. The van der Waals surface area contributed by atoms with Gasteiger partial charge in [0.25, 0.3) is 5.91 Å². The van der Waals surface area contributed by atoms with Crippen molar-refractivity contribution in [3.05, 3.63) is 59.2 Å². The molecular formula is C18H23N3O5S2. The van der Waals surface area contributed by atoms with Crippen molar-refractivity contribution in [2.75, 3.05) is 24.1 Å². The summed E-state index contributed by atoms with van der Waals surface area (Å²) in [6.45, 7) is 3.88. The Morgan fingerprint density at radius 3 is 2.11 bits per heavy atom. The fraction of sp³-hybridized carbons (Fsp3) is 0.278. The highest BCUT2D eigenvalue weighted by atomic mass is 32.2. The molecule has 0 aromatic heterocycles. The van der Waals surface area contributed by atoms with E-state index in [1.807, 2.05) is 13.8 Å². The molecule has 28 heavy (non-hydrogen) atoms. The molecule has 0 radical (unpaired) electrons. The Balaban J connectivity index is 1.87. The molecule has 1 amide bonds. The van der Waals surface area contributed by atoms with Crippen LogP contribution in [0.5, 0.6) is 0 Å². The number of benzene rings is 2. The minimum absolute atomic E-state index is 0.0364. The minimum atomic E-state index is -3.65. The predicted octanol–water partition coefficient (Wildman–Crippen LogP) is 1.38. The van der Waals surface area contributed by atoms with Crippen LogP contribution in [0.1, 0.15) is 21.5 Å². The summed E-state index contributed by atoms with van der Waals surface area (Å²) in [6.07, 6.45) is 1.03. The average molecular weight is 426 g/mol. The molecule has 2 rings (SSSR count). The molecule has 0 spiro atoms. The first kappa shape index (κ1) is 21.9. The highest BCUT2D eigenvalue weighted by molar-refractivity contribution is 7.92. The SMILES string of the molecule is Cc1ccc(S(=O)(=O)NCCNC(=O)c2ccc(NS(C)(=O)=O)cc2)cc1C. The van der Waals surface area contributed by atoms with Crippen molar-refractivity contribution in [1.29, 1.82) is 0 Å². The Hall–Kier alpha value is -2.43. The molecule has 0 heterocycles. The number of hydrogen-bond acceptors (Lipinski definition) is 5. The van der Waals surface area contributed by atoms with E-state index < -0.39 is 26.0 Å². The molecule has 0 aliphatic heterocycles. The van der Waals surface area contributed by atoms with Crippen LogP contribution >= 0.6 is 0 Å². The number of carbonyl (C=O) groups is 1. The lowest BCUT2D eigenvalue weighted by Gasteiger charge is -2.10. The van der Waals surface area contributed by atoms with Gasteiger partial charge in [-0.2, -0.15) is 0 Å². The molecule has 8 nitrogen and oxygen atoms in total. The number of aryl methyl sites for hydroxylation is 2. The number of amides is 1.